The first kappa shape index (κ1) is 14.0. The maximum Gasteiger partial charge on any atom is 0.163 e. The van der Waals surface area contributed by atoms with Crippen LogP contribution in [0.5, 0.6) is 5.75 Å². The molecule has 0 aliphatic heterocycles. The van der Waals surface area contributed by atoms with Crippen molar-refractivity contribution in [2.45, 2.75) is 18.4 Å². The fourth-order valence-electron chi connectivity index (χ4n) is 1.69. The number of carbonyl (C=O) groups excluding carboxylic acids is 1. The average Bonchev–Trinajstić information content (AvgIpc) is 2.86. The van der Waals surface area contributed by atoms with Gasteiger partial charge in [0.05, 0.1) is 17.6 Å². The highest BCUT2D eigenvalue weighted by Gasteiger charge is 2.13. The van der Waals surface area contributed by atoms with Gasteiger partial charge in [0.1, 0.15) is 11.5 Å². The van der Waals surface area contributed by atoms with Crippen LogP contribution in [0.15, 0.2) is 34.9 Å². The van der Waals surface area contributed by atoms with Crippen molar-refractivity contribution in [3.05, 3.63) is 52.4 Å². The predicted octanol–water partition coefficient (Wildman–Crippen LogP) is 4.27. The van der Waals surface area contributed by atoms with E-state index in [-0.39, 0.29) is 17.1 Å². The maximum absolute atomic E-state index is 11.4. The van der Waals surface area contributed by atoms with Crippen molar-refractivity contribution in [3.8, 4) is 5.75 Å². The molecule has 0 bridgehead atoms. The van der Waals surface area contributed by atoms with Crippen LogP contribution in [0.2, 0.25) is 5.02 Å². The molecule has 0 aliphatic carbocycles. The molecule has 5 heteroatoms. The van der Waals surface area contributed by atoms with Crippen molar-refractivity contribution < 1.29 is 14.3 Å². The molecule has 0 atom stereocenters. The van der Waals surface area contributed by atoms with E-state index in [2.05, 4.69) is 0 Å². The molecule has 0 aliphatic rings. The Labute approximate surface area is 120 Å². The lowest BCUT2D eigenvalue weighted by Gasteiger charge is -2.08. The Morgan fingerprint density at radius 2 is 2.21 bits per heavy atom. The van der Waals surface area contributed by atoms with Crippen molar-refractivity contribution in [2.75, 3.05) is 0 Å². The number of benzene rings is 1. The van der Waals surface area contributed by atoms with Gasteiger partial charge in [-0.2, -0.15) is 0 Å². The number of thioether (sulfide) groups is 1. The molecule has 0 spiro atoms. The third-order valence-corrected chi connectivity index (χ3v) is 3.84. The smallest absolute Gasteiger partial charge is 0.163 e. The molecule has 0 radical (unpaired) electrons. The van der Waals surface area contributed by atoms with E-state index in [0.717, 1.165) is 5.76 Å². The van der Waals surface area contributed by atoms with Gasteiger partial charge in [0, 0.05) is 16.3 Å². The minimum absolute atomic E-state index is 0.0174. The lowest BCUT2D eigenvalue weighted by atomic mass is 10.1. The van der Waals surface area contributed by atoms with Crippen LogP contribution in [0.3, 0.4) is 0 Å². The number of aromatic hydroxyl groups is 1. The number of Topliss-reactive ketones (excluding diaryl/α,β-unsaturated/α-hetero) is 1. The van der Waals surface area contributed by atoms with Crippen LogP contribution in [-0.4, -0.2) is 10.9 Å². The second kappa shape index (κ2) is 6.17. The van der Waals surface area contributed by atoms with Gasteiger partial charge in [-0.1, -0.05) is 11.6 Å². The molecule has 1 aromatic carbocycles. The number of phenolic OH excluding ortho intramolecular Hbond substituents is 1. The second-order valence-electron chi connectivity index (χ2n) is 4.09. The molecule has 1 aromatic heterocycles. The first-order chi connectivity index (χ1) is 9.08. The number of halogens is 1. The van der Waals surface area contributed by atoms with Crippen molar-refractivity contribution in [1.82, 2.24) is 0 Å². The third kappa shape index (κ3) is 3.55. The van der Waals surface area contributed by atoms with Crippen LogP contribution in [0.4, 0.5) is 0 Å². The number of ketones is 1. The number of carbonyl (C=O) groups is 1. The van der Waals surface area contributed by atoms with Gasteiger partial charge in [-0.3, -0.25) is 4.79 Å². The van der Waals surface area contributed by atoms with E-state index < -0.39 is 0 Å². The standard InChI is InChI=1S/C14H13ClO3S/c1-9(16)13-6-11(15)5-10(14(13)17)7-19-8-12-3-2-4-18-12/h2-6,17H,7-8H2,1H3. The molecule has 0 saturated heterocycles. The van der Waals surface area contributed by atoms with E-state index in [1.54, 1.807) is 24.1 Å². The monoisotopic (exact) mass is 296 g/mol. The van der Waals surface area contributed by atoms with Gasteiger partial charge < -0.3 is 9.52 Å². The Hall–Kier alpha value is -1.39. The number of furan rings is 1. The number of phenols is 1. The summed E-state index contributed by atoms with van der Waals surface area (Å²) in [4.78, 5) is 11.4. The molecule has 0 amide bonds. The first-order valence-corrected chi connectivity index (χ1v) is 7.23. The van der Waals surface area contributed by atoms with E-state index in [4.69, 9.17) is 16.0 Å². The average molecular weight is 297 g/mol. The van der Waals surface area contributed by atoms with Gasteiger partial charge in [-0.15, -0.1) is 11.8 Å². The van der Waals surface area contributed by atoms with Gasteiger partial charge in [0.15, 0.2) is 5.78 Å². The van der Waals surface area contributed by atoms with Crippen LogP contribution in [0.1, 0.15) is 28.6 Å². The Bertz CT molecular complexity index is 579. The summed E-state index contributed by atoms with van der Waals surface area (Å²) in [6.07, 6.45) is 1.63. The summed E-state index contributed by atoms with van der Waals surface area (Å²) in [5, 5.41) is 10.5. The zero-order valence-corrected chi connectivity index (χ0v) is 11.9. The minimum Gasteiger partial charge on any atom is -0.507 e. The lowest BCUT2D eigenvalue weighted by molar-refractivity contribution is 0.101. The topological polar surface area (TPSA) is 50.4 Å². The Morgan fingerprint density at radius 3 is 2.84 bits per heavy atom. The van der Waals surface area contributed by atoms with Gasteiger partial charge >= 0.3 is 0 Å². The zero-order chi connectivity index (χ0) is 13.8. The van der Waals surface area contributed by atoms with Crippen molar-refractivity contribution in [3.63, 3.8) is 0 Å². The Morgan fingerprint density at radius 1 is 1.42 bits per heavy atom. The van der Waals surface area contributed by atoms with E-state index in [0.29, 0.717) is 22.1 Å². The van der Waals surface area contributed by atoms with Gasteiger partial charge in [-0.25, -0.2) is 0 Å². The maximum atomic E-state index is 11.4. The summed E-state index contributed by atoms with van der Waals surface area (Å²) in [6.45, 7) is 1.41. The lowest BCUT2D eigenvalue weighted by Crippen LogP contribution is -1.96. The summed E-state index contributed by atoms with van der Waals surface area (Å²) in [6, 6.07) is 6.89. The predicted molar refractivity (Wildman–Crippen MR) is 76.8 cm³/mol. The molecule has 0 unspecified atom stereocenters. The minimum atomic E-state index is -0.197. The van der Waals surface area contributed by atoms with Crippen molar-refractivity contribution >= 4 is 29.1 Å². The first-order valence-electron chi connectivity index (χ1n) is 5.70. The van der Waals surface area contributed by atoms with Crippen LogP contribution < -0.4 is 0 Å². The van der Waals surface area contributed by atoms with Crippen LogP contribution in [-0.2, 0) is 11.5 Å². The number of hydrogen-bond donors (Lipinski definition) is 1. The fraction of sp³-hybridized carbons (Fsp3) is 0.214. The molecule has 1 heterocycles. The van der Waals surface area contributed by atoms with Crippen LogP contribution >= 0.6 is 23.4 Å². The van der Waals surface area contributed by atoms with E-state index in [1.807, 2.05) is 12.1 Å². The van der Waals surface area contributed by atoms with E-state index >= 15 is 0 Å². The van der Waals surface area contributed by atoms with Gasteiger partial charge in [-0.05, 0) is 31.2 Å². The summed E-state index contributed by atoms with van der Waals surface area (Å²) in [5.41, 5.74) is 0.926. The quantitative estimate of drug-likeness (QED) is 0.837. The van der Waals surface area contributed by atoms with Crippen molar-refractivity contribution in [2.24, 2.45) is 0 Å². The fourth-order valence-corrected chi connectivity index (χ4v) is 2.84. The second-order valence-corrected chi connectivity index (χ2v) is 5.51. The molecule has 3 nitrogen and oxygen atoms in total. The van der Waals surface area contributed by atoms with E-state index in [9.17, 15) is 9.90 Å². The number of rotatable bonds is 5. The summed E-state index contributed by atoms with van der Waals surface area (Å²) in [5.74, 6) is 1.96. The van der Waals surface area contributed by atoms with Crippen molar-refractivity contribution in [1.29, 1.82) is 0 Å². The molecule has 2 aromatic rings. The Kier molecular flexibility index (Phi) is 4.56. The summed E-state index contributed by atoms with van der Waals surface area (Å²) in [7, 11) is 0. The highest BCUT2D eigenvalue weighted by Crippen LogP contribution is 2.31. The van der Waals surface area contributed by atoms with Gasteiger partial charge in [0.2, 0.25) is 0 Å². The highest BCUT2D eigenvalue weighted by atomic mass is 35.5. The Balaban J connectivity index is 2.09. The normalized spacial score (nSPS) is 10.6. The summed E-state index contributed by atoms with van der Waals surface area (Å²) < 4.78 is 5.22. The zero-order valence-electron chi connectivity index (χ0n) is 10.4. The highest BCUT2D eigenvalue weighted by molar-refractivity contribution is 7.97. The molecule has 1 N–H and O–H groups in total. The molecular weight excluding hydrogens is 284 g/mol. The number of hydrogen-bond acceptors (Lipinski definition) is 4. The molecular formula is C14H13ClO3S. The molecule has 2 rings (SSSR count). The van der Waals surface area contributed by atoms with Crippen LogP contribution in [0.25, 0.3) is 0 Å². The largest absolute Gasteiger partial charge is 0.507 e. The van der Waals surface area contributed by atoms with E-state index in [1.165, 1.54) is 13.0 Å². The third-order valence-electron chi connectivity index (χ3n) is 2.61. The summed E-state index contributed by atoms with van der Waals surface area (Å²) >= 11 is 7.54. The van der Waals surface area contributed by atoms with Crippen LogP contribution in [0, 0.1) is 0 Å². The van der Waals surface area contributed by atoms with Gasteiger partial charge in [0.25, 0.3) is 0 Å². The molecule has 19 heavy (non-hydrogen) atoms. The SMILES string of the molecule is CC(=O)c1cc(Cl)cc(CSCc2ccco2)c1O. The molecule has 0 fully saturated rings. The molecule has 0 saturated carbocycles. The molecule has 100 valence electrons.